The molecule has 2 amide bonds. The minimum absolute atomic E-state index is 0.0999. The Bertz CT molecular complexity index is 836. The van der Waals surface area contributed by atoms with Gasteiger partial charge in [-0.3, -0.25) is 9.59 Å². The Labute approximate surface area is 154 Å². The van der Waals surface area contributed by atoms with Crippen molar-refractivity contribution in [2.45, 2.75) is 12.8 Å². The monoisotopic (exact) mass is 378 g/mol. The summed E-state index contributed by atoms with van der Waals surface area (Å²) < 4.78 is 26.3. The third-order valence-corrected chi connectivity index (χ3v) is 4.78. The summed E-state index contributed by atoms with van der Waals surface area (Å²) in [5.41, 5.74) is 0.655. The van der Waals surface area contributed by atoms with Crippen molar-refractivity contribution in [2.24, 2.45) is 5.92 Å². The van der Waals surface area contributed by atoms with Crippen molar-refractivity contribution >= 4 is 29.1 Å². The normalized spacial score (nSPS) is 15.0. The fourth-order valence-electron chi connectivity index (χ4n) is 2.95. The zero-order chi connectivity index (χ0) is 18.7. The Kier molecular flexibility index (Phi) is 5.52. The summed E-state index contributed by atoms with van der Waals surface area (Å²) in [5.74, 6) is -2.78. The van der Waals surface area contributed by atoms with Gasteiger partial charge in [0, 0.05) is 24.6 Å². The largest absolute Gasteiger partial charge is 0.339 e. The van der Waals surface area contributed by atoms with Crippen molar-refractivity contribution < 1.29 is 18.4 Å². The molecule has 1 aliphatic heterocycles. The molecule has 1 aliphatic rings. The summed E-state index contributed by atoms with van der Waals surface area (Å²) in [6.45, 7) is 0.747. The summed E-state index contributed by atoms with van der Waals surface area (Å²) in [6.07, 6.45) is 0.984. The third-order valence-electron chi connectivity index (χ3n) is 4.45. The molecule has 0 radical (unpaired) electrons. The maximum absolute atomic E-state index is 13.3. The molecule has 0 aromatic heterocycles. The first-order valence-corrected chi connectivity index (χ1v) is 8.63. The van der Waals surface area contributed by atoms with Crippen LogP contribution in [0.15, 0.2) is 42.5 Å². The van der Waals surface area contributed by atoms with Gasteiger partial charge >= 0.3 is 0 Å². The average molecular weight is 379 g/mol. The Morgan fingerprint density at radius 3 is 2.38 bits per heavy atom. The third kappa shape index (κ3) is 4.02. The van der Waals surface area contributed by atoms with Gasteiger partial charge in [0.05, 0.1) is 10.7 Å². The number of para-hydroxylation sites is 1. The lowest BCUT2D eigenvalue weighted by Crippen LogP contribution is -2.41. The van der Waals surface area contributed by atoms with Crippen LogP contribution in [-0.4, -0.2) is 29.8 Å². The number of piperidine rings is 1. The van der Waals surface area contributed by atoms with E-state index in [9.17, 15) is 18.4 Å². The minimum atomic E-state index is -1.05. The van der Waals surface area contributed by atoms with E-state index in [0.29, 0.717) is 36.6 Å². The van der Waals surface area contributed by atoms with Crippen molar-refractivity contribution in [3.05, 3.63) is 64.7 Å². The van der Waals surface area contributed by atoms with Crippen molar-refractivity contribution in [1.82, 2.24) is 4.90 Å². The molecule has 136 valence electrons. The van der Waals surface area contributed by atoms with Crippen LogP contribution in [0.4, 0.5) is 14.5 Å². The van der Waals surface area contributed by atoms with E-state index in [0.717, 1.165) is 12.1 Å². The van der Waals surface area contributed by atoms with E-state index in [1.807, 2.05) is 0 Å². The van der Waals surface area contributed by atoms with E-state index >= 15 is 0 Å². The number of rotatable bonds is 3. The smallest absolute Gasteiger partial charge is 0.253 e. The van der Waals surface area contributed by atoms with Gasteiger partial charge in [-0.15, -0.1) is 0 Å². The first-order chi connectivity index (χ1) is 12.5. The molecular weight excluding hydrogens is 362 g/mol. The van der Waals surface area contributed by atoms with Crippen LogP contribution < -0.4 is 5.32 Å². The second-order valence-corrected chi connectivity index (χ2v) is 6.57. The number of benzene rings is 2. The summed E-state index contributed by atoms with van der Waals surface area (Å²) in [5, 5.41) is 3.27. The van der Waals surface area contributed by atoms with Gasteiger partial charge in [-0.2, -0.15) is 0 Å². The molecule has 2 aromatic rings. The highest BCUT2D eigenvalue weighted by atomic mass is 35.5. The van der Waals surface area contributed by atoms with Crippen LogP contribution in [0.25, 0.3) is 0 Å². The molecule has 1 N–H and O–H groups in total. The molecular formula is C19H17ClF2N2O2. The fraction of sp³-hybridized carbons (Fsp3) is 0.263. The molecule has 1 heterocycles. The standard InChI is InChI=1S/C19H17ClF2N2O2/c20-14-3-1-2-4-17(14)23-18(25)12-7-9-24(10-8-12)19(26)13-5-6-15(21)16(22)11-13/h1-6,11-12H,7-10H2,(H,23,25). The predicted octanol–water partition coefficient (Wildman–Crippen LogP) is 4.11. The van der Waals surface area contributed by atoms with Crippen LogP contribution in [-0.2, 0) is 4.79 Å². The Balaban J connectivity index is 1.58. The van der Waals surface area contributed by atoms with Crippen molar-refractivity contribution in [1.29, 1.82) is 0 Å². The van der Waals surface area contributed by atoms with Crippen LogP contribution in [0.2, 0.25) is 5.02 Å². The average Bonchev–Trinajstić information content (AvgIpc) is 2.65. The van der Waals surface area contributed by atoms with Crippen LogP contribution in [0.3, 0.4) is 0 Å². The quantitative estimate of drug-likeness (QED) is 0.873. The van der Waals surface area contributed by atoms with E-state index in [1.165, 1.54) is 6.07 Å². The number of amides is 2. The van der Waals surface area contributed by atoms with Gasteiger partial charge < -0.3 is 10.2 Å². The first kappa shape index (κ1) is 18.3. The SMILES string of the molecule is O=C(Nc1ccccc1Cl)C1CCN(C(=O)c2ccc(F)c(F)c2)CC1. The number of nitrogens with zero attached hydrogens (tertiary/aromatic N) is 1. The summed E-state index contributed by atoms with van der Waals surface area (Å²) in [4.78, 5) is 26.3. The topological polar surface area (TPSA) is 49.4 Å². The zero-order valence-corrected chi connectivity index (χ0v) is 14.6. The molecule has 26 heavy (non-hydrogen) atoms. The second-order valence-electron chi connectivity index (χ2n) is 6.16. The summed E-state index contributed by atoms with van der Waals surface area (Å²) >= 11 is 6.04. The van der Waals surface area contributed by atoms with Gasteiger partial charge in [-0.1, -0.05) is 23.7 Å². The summed E-state index contributed by atoms with van der Waals surface area (Å²) in [6, 6.07) is 10.1. The molecule has 0 atom stereocenters. The summed E-state index contributed by atoms with van der Waals surface area (Å²) in [7, 11) is 0. The molecule has 2 aromatic carbocycles. The Morgan fingerprint density at radius 1 is 1.04 bits per heavy atom. The maximum Gasteiger partial charge on any atom is 0.253 e. The van der Waals surface area contributed by atoms with E-state index in [-0.39, 0.29) is 23.3 Å². The number of nitrogens with one attached hydrogen (secondary N) is 1. The molecule has 0 unspecified atom stereocenters. The van der Waals surface area contributed by atoms with E-state index in [4.69, 9.17) is 11.6 Å². The zero-order valence-electron chi connectivity index (χ0n) is 13.8. The number of carbonyl (C=O) groups is 2. The number of hydrogen-bond donors (Lipinski definition) is 1. The van der Waals surface area contributed by atoms with Gasteiger partial charge in [-0.05, 0) is 43.2 Å². The molecule has 0 aliphatic carbocycles. The highest BCUT2D eigenvalue weighted by Crippen LogP contribution is 2.24. The van der Waals surface area contributed by atoms with Crippen molar-refractivity contribution in [3.63, 3.8) is 0 Å². The fourth-order valence-corrected chi connectivity index (χ4v) is 3.14. The number of likely N-dealkylation sites (tertiary alicyclic amines) is 1. The number of anilines is 1. The highest BCUT2D eigenvalue weighted by molar-refractivity contribution is 6.33. The second kappa shape index (κ2) is 7.83. The molecule has 3 rings (SSSR count). The van der Waals surface area contributed by atoms with Crippen LogP contribution in [0, 0.1) is 17.6 Å². The van der Waals surface area contributed by atoms with E-state index < -0.39 is 11.6 Å². The van der Waals surface area contributed by atoms with Crippen molar-refractivity contribution in [3.8, 4) is 0 Å². The lowest BCUT2D eigenvalue weighted by molar-refractivity contribution is -0.121. The minimum Gasteiger partial charge on any atom is -0.339 e. The van der Waals surface area contributed by atoms with Gasteiger partial charge in [-0.25, -0.2) is 8.78 Å². The van der Waals surface area contributed by atoms with Gasteiger partial charge in [0.2, 0.25) is 5.91 Å². The predicted molar refractivity (Wildman–Crippen MR) is 95.1 cm³/mol. The number of hydrogen-bond acceptors (Lipinski definition) is 2. The lowest BCUT2D eigenvalue weighted by atomic mass is 9.95. The van der Waals surface area contributed by atoms with E-state index in [1.54, 1.807) is 29.2 Å². The Morgan fingerprint density at radius 2 is 1.73 bits per heavy atom. The molecule has 4 nitrogen and oxygen atoms in total. The van der Waals surface area contributed by atoms with Crippen LogP contribution >= 0.6 is 11.6 Å². The number of carbonyl (C=O) groups excluding carboxylic acids is 2. The Hall–Kier alpha value is -2.47. The molecule has 0 saturated carbocycles. The lowest BCUT2D eigenvalue weighted by Gasteiger charge is -2.31. The molecule has 7 heteroatoms. The van der Waals surface area contributed by atoms with Gasteiger partial charge in [0.1, 0.15) is 0 Å². The van der Waals surface area contributed by atoms with Gasteiger partial charge in [0.15, 0.2) is 11.6 Å². The van der Waals surface area contributed by atoms with Crippen LogP contribution in [0.1, 0.15) is 23.2 Å². The maximum atomic E-state index is 13.3. The number of halogens is 3. The first-order valence-electron chi connectivity index (χ1n) is 8.25. The molecule has 0 spiro atoms. The van der Waals surface area contributed by atoms with Gasteiger partial charge in [0.25, 0.3) is 5.91 Å². The highest BCUT2D eigenvalue weighted by Gasteiger charge is 2.28. The van der Waals surface area contributed by atoms with E-state index in [2.05, 4.69) is 5.32 Å². The molecule has 1 fully saturated rings. The van der Waals surface area contributed by atoms with Crippen molar-refractivity contribution in [2.75, 3.05) is 18.4 Å². The van der Waals surface area contributed by atoms with Crippen LogP contribution in [0.5, 0.6) is 0 Å². The molecule has 0 bridgehead atoms. The molecule has 1 saturated heterocycles.